The number of aliphatic hydroxyl groups is 1. The Morgan fingerprint density at radius 2 is 2.06 bits per heavy atom. The van der Waals surface area contributed by atoms with E-state index in [1.807, 2.05) is 6.92 Å². The number of ether oxygens (including phenoxy) is 1. The van der Waals surface area contributed by atoms with Crippen molar-refractivity contribution in [2.24, 2.45) is 0 Å². The maximum Gasteiger partial charge on any atom is 0.389 e. The molecule has 98 valence electrons. The molecule has 0 aliphatic carbocycles. The van der Waals surface area contributed by atoms with E-state index in [-0.39, 0.29) is 32.3 Å². The second-order valence-corrected chi connectivity index (χ2v) is 3.63. The lowest BCUT2D eigenvalue weighted by atomic mass is 10.3. The van der Waals surface area contributed by atoms with Crippen LogP contribution in [-0.2, 0) is 4.74 Å². The van der Waals surface area contributed by atoms with Gasteiger partial charge >= 0.3 is 6.18 Å². The highest BCUT2D eigenvalue weighted by Crippen LogP contribution is 2.20. The van der Waals surface area contributed by atoms with Crippen molar-refractivity contribution < 1.29 is 23.0 Å². The lowest BCUT2D eigenvalue weighted by molar-refractivity contribution is -0.138. The molecule has 0 radical (unpaired) electrons. The van der Waals surface area contributed by atoms with E-state index in [2.05, 4.69) is 5.32 Å². The van der Waals surface area contributed by atoms with Crippen LogP contribution in [0.1, 0.15) is 26.2 Å². The van der Waals surface area contributed by atoms with Crippen molar-refractivity contribution >= 4 is 0 Å². The van der Waals surface area contributed by atoms with Crippen LogP contribution in [0.3, 0.4) is 0 Å². The molecule has 0 aromatic heterocycles. The SMILES string of the molecule is CCCNC(CO)COCCCC(F)(F)F. The normalized spacial score (nSPS) is 14.1. The molecule has 0 bridgehead atoms. The molecule has 0 heterocycles. The Kier molecular flexibility index (Phi) is 8.60. The predicted octanol–water partition coefficient (Wildman–Crippen LogP) is 1.71. The van der Waals surface area contributed by atoms with Crippen molar-refractivity contribution in [2.45, 2.75) is 38.4 Å². The van der Waals surface area contributed by atoms with Crippen LogP contribution in [0.4, 0.5) is 13.2 Å². The van der Waals surface area contributed by atoms with E-state index < -0.39 is 12.6 Å². The summed E-state index contributed by atoms with van der Waals surface area (Å²) < 4.78 is 40.4. The monoisotopic (exact) mass is 243 g/mol. The fraction of sp³-hybridized carbons (Fsp3) is 1.00. The number of hydrogen-bond donors (Lipinski definition) is 2. The van der Waals surface area contributed by atoms with Crippen LogP contribution >= 0.6 is 0 Å². The molecule has 0 aromatic carbocycles. The minimum atomic E-state index is -4.11. The maximum absolute atomic E-state index is 11.8. The van der Waals surface area contributed by atoms with Gasteiger partial charge in [-0.1, -0.05) is 6.92 Å². The molecule has 16 heavy (non-hydrogen) atoms. The van der Waals surface area contributed by atoms with Gasteiger partial charge in [-0.3, -0.25) is 0 Å². The van der Waals surface area contributed by atoms with Crippen molar-refractivity contribution in [3.05, 3.63) is 0 Å². The summed E-state index contributed by atoms with van der Waals surface area (Å²) in [5, 5.41) is 11.9. The van der Waals surface area contributed by atoms with Crippen LogP contribution < -0.4 is 5.32 Å². The smallest absolute Gasteiger partial charge is 0.389 e. The van der Waals surface area contributed by atoms with Gasteiger partial charge in [-0.25, -0.2) is 0 Å². The summed E-state index contributed by atoms with van der Waals surface area (Å²) in [5.74, 6) is 0. The first-order valence-corrected chi connectivity index (χ1v) is 5.48. The van der Waals surface area contributed by atoms with Crippen LogP contribution in [0.25, 0.3) is 0 Å². The van der Waals surface area contributed by atoms with Gasteiger partial charge in [-0.2, -0.15) is 13.2 Å². The Morgan fingerprint density at radius 3 is 2.56 bits per heavy atom. The van der Waals surface area contributed by atoms with E-state index in [1.165, 1.54) is 0 Å². The Labute approximate surface area is 94.0 Å². The maximum atomic E-state index is 11.8. The lowest BCUT2D eigenvalue weighted by Gasteiger charge is -2.16. The van der Waals surface area contributed by atoms with Crippen molar-refractivity contribution in [3.63, 3.8) is 0 Å². The highest BCUT2D eigenvalue weighted by molar-refractivity contribution is 4.63. The lowest BCUT2D eigenvalue weighted by Crippen LogP contribution is -2.37. The Bertz CT molecular complexity index is 165. The van der Waals surface area contributed by atoms with Gasteiger partial charge in [0.25, 0.3) is 0 Å². The van der Waals surface area contributed by atoms with Gasteiger partial charge in [0.05, 0.1) is 19.3 Å². The molecular weight excluding hydrogens is 223 g/mol. The summed E-state index contributed by atoms with van der Waals surface area (Å²) in [7, 11) is 0. The second-order valence-electron chi connectivity index (χ2n) is 3.63. The Hall–Kier alpha value is -0.330. The van der Waals surface area contributed by atoms with E-state index in [9.17, 15) is 13.2 Å². The predicted molar refractivity (Wildman–Crippen MR) is 55.3 cm³/mol. The van der Waals surface area contributed by atoms with E-state index >= 15 is 0 Å². The van der Waals surface area contributed by atoms with E-state index in [4.69, 9.17) is 9.84 Å². The highest BCUT2D eigenvalue weighted by atomic mass is 19.4. The van der Waals surface area contributed by atoms with Gasteiger partial charge in [-0.05, 0) is 19.4 Å². The first-order valence-electron chi connectivity index (χ1n) is 5.48. The molecule has 0 rings (SSSR count). The second kappa shape index (κ2) is 8.78. The van der Waals surface area contributed by atoms with Crippen LogP contribution in [0.15, 0.2) is 0 Å². The summed E-state index contributed by atoms with van der Waals surface area (Å²) >= 11 is 0. The largest absolute Gasteiger partial charge is 0.395 e. The number of halogens is 3. The minimum absolute atomic E-state index is 0.0323. The van der Waals surface area contributed by atoms with Gasteiger partial charge in [0, 0.05) is 13.0 Å². The van der Waals surface area contributed by atoms with Gasteiger partial charge in [-0.15, -0.1) is 0 Å². The average Bonchev–Trinajstić information content (AvgIpc) is 2.20. The highest BCUT2D eigenvalue weighted by Gasteiger charge is 2.25. The number of rotatable bonds is 9. The molecule has 0 amide bonds. The molecule has 3 nitrogen and oxygen atoms in total. The number of alkyl halides is 3. The number of nitrogens with one attached hydrogen (secondary N) is 1. The quantitative estimate of drug-likeness (QED) is 0.606. The molecule has 0 spiro atoms. The third kappa shape index (κ3) is 10.2. The van der Waals surface area contributed by atoms with Gasteiger partial charge in [0.1, 0.15) is 0 Å². The van der Waals surface area contributed by atoms with Crippen molar-refractivity contribution in [1.29, 1.82) is 0 Å². The van der Waals surface area contributed by atoms with Gasteiger partial charge < -0.3 is 15.2 Å². The molecule has 6 heteroatoms. The van der Waals surface area contributed by atoms with Crippen LogP contribution in [0, 0.1) is 0 Å². The number of hydrogen-bond acceptors (Lipinski definition) is 3. The molecule has 0 aliphatic rings. The van der Waals surface area contributed by atoms with E-state index in [1.54, 1.807) is 0 Å². The summed E-state index contributed by atoms with van der Waals surface area (Å²) in [6.07, 6.45) is -4.03. The zero-order valence-corrected chi connectivity index (χ0v) is 9.52. The minimum Gasteiger partial charge on any atom is -0.395 e. The molecule has 1 unspecified atom stereocenters. The fourth-order valence-corrected chi connectivity index (χ4v) is 1.12. The summed E-state index contributed by atoms with van der Waals surface area (Å²) in [6.45, 7) is 3.00. The van der Waals surface area contributed by atoms with Gasteiger partial charge in [0.2, 0.25) is 0 Å². The van der Waals surface area contributed by atoms with Gasteiger partial charge in [0.15, 0.2) is 0 Å². The molecular formula is C10H20F3NO2. The topological polar surface area (TPSA) is 41.5 Å². The molecule has 0 saturated heterocycles. The fourth-order valence-electron chi connectivity index (χ4n) is 1.12. The van der Waals surface area contributed by atoms with Crippen molar-refractivity contribution in [2.75, 3.05) is 26.4 Å². The third-order valence-electron chi connectivity index (χ3n) is 1.97. The van der Waals surface area contributed by atoms with Crippen LogP contribution in [0.5, 0.6) is 0 Å². The zero-order chi connectivity index (χ0) is 12.4. The first kappa shape index (κ1) is 15.7. The van der Waals surface area contributed by atoms with Crippen LogP contribution in [-0.4, -0.2) is 43.7 Å². The standard InChI is InChI=1S/C10H20F3NO2/c1-2-5-14-9(7-15)8-16-6-3-4-10(11,12)13/h9,14-15H,2-8H2,1H3. The Balaban J connectivity index is 3.41. The summed E-state index contributed by atoms with van der Waals surface area (Å²) in [4.78, 5) is 0. The molecule has 0 fully saturated rings. The zero-order valence-electron chi connectivity index (χ0n) is 9.52. The van der Waals surface area contributed by atoms with E-state index in [0.29, 0.717) is 0 Å². The third-order valence-corrected chi connectivity index (χ3v) is 1.97. The summed E-state index contributed by atoms with van der Waals surface area (Å²) in [6, 6.07) is -0.189. The van der Waals surface area contributed by atoms with Crippen molar-refractivity contribution in [1.82, 2.24) is 5.32 Å². The van der Waals surface area contributed by atoms with E-state index in [0.717, 1.165) is 13.0 Å². The van der Waals surface area contributed by atoms with Crippen molar-refractivity contribution in [3.8, 4) is 0 Å². The molecule has 2 N–H and O–H groups in total. The molecule has 1 atom stereocenters. The molecule has 0 aromatic rings. The molecule has 0 saturated carbocycles. The molecule has 0 aliphatic heterocycles. The Morgan fingerprint density at radius 1 is 1.38 bits per heavy atom. The number of aliphatic hydroxyl groups excluding tert-OH is 1. The first-order chi connectivity index (χ1) is 7.49. The average molecular weight is 243 g/mol. The summed E-state index contributed by atoms with van der Waals surface area (Å²) in [5.41, 5.74) is 0. The van der Waals surface area contributed by atoms with Crippen LogP contribution in [0.2, 0.25) is 0 Å².